The first-order valence-electron chi connectivity index (χ1n) is 10.2. The largest absolute Gasteiger partial charge is 0.347 e. The minimum absolute atomic E-state index is 0.0818. The molecule has 1 aromatic heterocycles. The number of nitrogens with one attached hydrogen (secondary N) is 1. The molecule has 0 aliphatic carbocycles. The van der Waals surface area contributed by atoms with Gasteiger partial charge in [0.25, 0.3) is 11.5 Å². The zero-order valence-electron chi connectivity index (χ0n) is 16.7. The van der Waals surface area contributed by atoms with E-state index in [9.17, 15) is 9.59 Å². The zero-order valence-corrected chi connectivity index (χ0v) is 16.7. The van der Waals surface area contributed by atoms with Gasteiger partial charge in [-0.3, -0.25) is 14.5 Å². The quantitative estimate of drug-likeness (QED) is 0.703. The molecule has 150 valence electrons. The number of benzene rings is 2. The van der Waals surface area contributed by atoms with Crippen LogP contribution in [0.4, 0.5) is 0 Å². The van der Waals surface area contributed by atoms with Gasteiger partial charge in [-0.15, -0.1) is 0 Å². The Kier molecular flexibility index (Phi) is 5.71. The molecule has 1 saturated heterocycles. The number of amides is 1. The van der Waals surface area contributed by atoms with Crippen LogP contribution in [0.2, 0.25) is 0 Å². The Morgan fingerprint density at radius 3 is 2.59 bits per heavy atom. The van der Waals surface area contributed by atoms with Crippen LogP contribution in [-0.2, 0) is 13.1 Å². The predicted octanol–water partition coefficient (Wildman–Crippen LogP) is 2.81. The lowest BCUT2D eigenvalue weighted by Gasteiger charge is -2.17. The number of hydrogen-bond acceptors (Lipinski definition) is 4. The van der Waals surface area contributed by atoms with E-state index in [-0.39, 0.29) is 17.5 Å². The van der Waals surface area contributed by atoms with Gasteiger partial charge in [0.1, 0.15) is 0 Å². The van der Waals surface area contributed by atoms with Crippen molar-refractivity contribution >= 4 is 16.7 Å². The average molecular weight is 390 g/mol. The number of aryl methyl sites for hydroxylation is 1. The minimum Gasteiger partial charge on any atom is -0.347 e. The fourth-order valence-corrected chi connectivity index (χ4v) is 3.96. The Hall–Kier alpha value is -2.99. The first kappa shape index (κ1) is 19.3. The van der Waals surface area contributed by atoms with E-state index in [4.69, 9.17) is 0 Å². The van der Waals surface area contributed by atoms with Gasteiger partial charge in [0.15, 0.2) is 5.69 Å². The molecule has 1 unspecified atom stereocenters. The van der Waals surface area contributed by atoms with Gasteiger partial charge >= 0.3 is 0 Å². The molecule has 1 aliphatic heterocycles. The van der Waals surface area contributed by atoms with Gasteiger partial charge in [0, 0.05) is 37.6 Å². The summed E-state index contributed by atoms with van der Waals surface area (Å²) in [5, 5.41) is 8.68. The second kappa shape index (κ2) is 8.57. The molecule has 0 radical (unpaired) electrons. The van der Waals surface area contributed by atoms with E-state index in [1.165, 1.54) is 10.2 Å². The number of likely N-dealkylation sites (tertiary alicyclic amines) is 1. The highest BCUT2D eigenvalue weighted by Crippen LogP contribution is 2.16. The monoisotopic (exact) mass is 390 g/mol. The summed E-state index contributed by atoms with van der Waals surface area (Å²) in [5.41, 5.74) is 1.46. The topological polar surface area (TPSA) is 67.2 Å². The molecule has 6 heteroatoms. The Morgan fingerprint density at radius 2 is 1.83 bits per heavy atom. The number of fused-ring (bicyclic) bond motifs is 1. The fourth-order valence-electron chi connectivity index (χ4n) is 3.96. The maximum absolute atomic E-state index is 13.0. The molecular weight excluding hydrogens is 364 g/mol. The predicted molar refractivity (Wildman–Crippen MR) is 114 cm³/mol. The van der Waals surface area contributed by atoms with Crippen LogP contribution in [-0.4, -0.2) is 39.7 Å². The summed E-state index contributed by atoms with van der Waals surface area (Å²) in [6, 6.07) is 17.7. The van der Waals surface area contributed by atoms with Gasteiger partial charge in [0.05, 0.1) is 5.39 Å². The molecule has 0 spiro atoms. The second-order valence-electron chi connectivity index (χ2n) is 7.60. The van der Waals surface area contributed by atoms with Crippen molar-refractivity contribution in [3.63, 3.8) is 0 Å². The lowest BCUT2D eigenvalue weighted by Crippen LogP contribution is -2.38. The van der Waals surface area contributed by atoms with Gasteiger partial charge < -0.3 is 5.32 Å². The van der Waals surface area contributed by atoms with Crippen LogP contribution in [0, 0.1) is 0 Å². The van der Waals surface area contributed by atoms with Crippen LogP contribution >= 0.6 is 0 Å². The molecule has 1 atom stereocenters. The molecule has 3 aromatic rings. The van der Waals surface area contributed by atoms with Gasteiger partial charge in [-0.1, -0.05) is 55.5 Å². The van der Waals surface area contributed by atoms with Gasteiger partial charge in [-0.05, 0) is 24.5 Å². The standard InChI is InChI=1S/C23H26N4O2/c1-2-13-27-23(29)20-11-7-6-10-19(20)21(25-27)22(28)24-18-12-14-26(16-18)15-17-8-4-3-5-9-17/h3-11,18H,2,12-16H2,1H3,(H,24,28). The van der Waals surface area contributed by atoms with E-state index < -0.39 is 0 Å². The molecule has 1 amide bonds. The number of hydrogen-bond donors (Lipinski definition) is 1. The highest BCUT2D eigenvalue weighted by atomic mass is 16.2. The van der Waals surface area contributed by atoms with Crippen LogP contribution < -0.4 is 10.9 Å². The molecule has 0 bridgehead atoms. The lowest BCUT2D eigenvalue weighted by atomic mass is 10.1. The van der Waals surface area contributed by atoms with Gasteiger partial charge in [0.2, 0.25) is 0 Å². The molecule has 4 rings (SSSR count). The number of rotatable bonds is 6. The molecular formula is C23H26N4O2. The van der Waals surface area contributed by atoms with Crippen molar-refractivity contribution in [1.82, 2.24) is 20.0 Å². The van der Waals surface area contributed by atoms with Crippen molar-refractivity contribution in [3.8, 4) is 0 Å². The van der Waals surface area contributed by atoms with Gasteiger partial charge in [-0.2, -0.15) is 5.10 Å². The maximum Gasteiger partial charge on any atom is 0.274 e. The summed E-state index contributed by atoms with van der Waals surface area (Å²) < 4.78 is 1.41. The molecule has 1 N–H and O–H groups in total. The third-order valence-corrected chi connectivity index (χ3v) is 5.37. The van der Waals surface area contributed by atoms with Crippen molar-refractivity contribution in [2.75, 3.05) is 13.1 Å². The third-order valence-electron chi connectivity index (χ3n) is 5.37. The zero-order chi connectivity index (χ0) is 20.2. The number of nitrogens with zero attached hydrogens (tertiary/aromatic N) is 3. The number of aromatic nitrogens is 2. The molecule has 2 aromatic carbocycles. The smallest absolute Gasteiger partial charge is 0.274 e. The van der Waals surface area contributed by atoms with Crippen LogP contribution in [0.25, 0.3) is 10.8 Å². The fraction of sp³-hybridized carbons (Fsp3) is 0.348. The molecule has 6 nitrogen and oxygen atoms in total. The summed E-state index contributed by atoms with van der Waals surface area (Å²) >= 11 is 0. The van der Waals surface area contributed by atoms with Crippen LogP contribution in [0.15, 0.2) is 59.4 Å². The summed E-state index contributed by atoms with van der Waals surface area (Å²) in [7, 11) is 0. The van der Waals surface area contributed by atoms with Crippen molar-refractivity contribution in [3.05, 3.63) is 76.2 Å². The van der Waals surface area contributed by atoms with Crippen molar-refractivity contribution < 1.29 is 4.79 Å². The van der Waals surface area contributed by atoms with E-state index in [0.29, 0.717) is 23.0 Å². The van der Waals surface area contributed by atoms with Crippen LogP contribution in [0.5, 0.6) is 0 Å². The lowest BCUT2D eigenvalue weighted by molar-refractivity contribution is 0.0932. The molecule has 2 heterocycles. The van der Waals surface area contributed by atoms with E-state index >= 15 is 0 Å². The molecule has 0 saturated carbocycles. The Bertz CT molecular complexity index is 1060. The Labute approximate surface area is 170 Å². The van der Waals surface area contributed by atoms with Crippen molar-refractivity contribution in [2.24, 2.45) is 0 Å². The first-order valence-corrected chi connectivity index (χ1v) is 10.2. The van der Waals surface area contributed by atoms with E-state index in [1.807, 2.05) is 37.3 Å². The summed E-state index contributed by atoms with van der Waals surface area (Å²) in [6.45, 7) is 5.13. The van der Waals surface area contributed by atoms with Crippen molar-refractivity contribution in [1.29, 1.82) is 0 Å². The third kappa shape index (κ3) is 4.22. The summed E-state index contributed by atoms with van der Waals surface area (Å²) in [5.74, 6) is -0.211. The highest BCUT2D eigenvalue weighted by Gasteiger charge is 2.26. The highest BCUT2D eigenvalue weighted by molar-refractivity contribution is 6.04. The van der Waals surface area contributed by atoms with Crippen molar-refractivity contribution in [2.45, 2.75) is 38.9 Å². The Morgan fingerprint density at radius 1 is 1.10 bits per heavy atom. The van der Waals surface area contributed by atoms with E-state index in [0.717, 1.165) is 32.5 Å². The minimum atomic E-state index is -0.211. The second-order valence-corrected chi connectivity index (χ2v) is 7.60. The van der Waals surface area contributed by atoms with Gasteiger partial charge in [-0.25, -0.2) is 4.68 Å². The Balaban J connectivity index is 1.51. The normalized spacial score (nSPS) is 16.9. The molecule has 1 fully saturated rings. The van der Waals surface area contributed by atoms with Crippen LogP contribution in [0.1, 0.15) is 35.8 Å². The average Bonchev–Trinajstić information content (AvgIpc) is 3.17. The number of carbonyl (C=O) groups excluding carboxylic acids is 1. The van der Waals surface area contributed by atoms with E-state index in [2.05, 4.69) is 27.4 Å². The maximum atomic E-state index is 13.0. The summed E-state index contributed by atoms with van der Waals surface area (Å²) in [4.78, 5) is 28.0. The number of carbonyl (C=O) groups is 1. The first-order chi connectivity index (χ1) is 14.2. The summed E-state index contributed by atoms with van der Waals surface area (Å²) in [6.07, 6.45) is 1.69. The van der Waals surface area contributed by atoms with E-state index in [1.54, 1.807) is 12.1 Å². The van der Waals surface area contributed by atoms with Crippen LogP contribution in [0.3, 0.4) is 0 Å². The molecule has 29 heavy (non-hydrogen) atoms. The molecule has 1 aliphatic rings. The SMILES string of the molecule is CCCn1nc(C(=O)NC2CCN(Cc3ccccc3)C2)c2ccccc2c1=O.